The lowest BCUT2D eigenvalue weighted by atomic mass is 10.2. The fourth-order valence-electron chi connectivity index (χ4n) is 2.12. The summed E-state index contributed by atoms with van der Waals surface area (Å²) in [4.78, 5) is 0. The van der Waals surface area contributed by atoms with E-state index in [-0.39, 0.29) is 17.6 Å². The van der Waals surface area contributed by atoms with E-state index in [1.807, 2.05) is 6.92 Å². The van der Waals surface area contributed by atoms with Gasteiger partial charge in [0.05, 0.1) is 5.75 Å². The van der Waals surface area contributed by atoms with Crippen LogP contribution in [0.25, 0.3) is 0 Å². The lowest BCUT2D eigenvalue weighted by molar-refractivity contribution is 0.241. The summed E-state index contributed by atoms with van der Waals surface area (Å²) >= 11 is 0. The van der Waals surface area contributed by atoms with Crippen LogP contribution in [0.5, 0.6) is 0 Å². The van der Waals surface area contributed by atoms with Crippen LogP contribution in [0.2, 0.25) is 0 Å². The molecule has 0 atom stereocenters. The first-order valence-electron chi connectivity index (χ1n) is 6.47. The van der Waals surface area contributed by atoms with Crippen molar-refractivity contribution in [3.63, 3.8) is 0 Å². The molecular formula is C13H19FN2O2S. The normalized spacial score (nSPS) is 16.6. The van der Waals surface area contributed by atoms with Crippen LogP contribution in [0.3, 0.4) is 0 Å². The van der Waals surface area contributed by atoms with Crippen LogP contribution >= 0.6 is 0 Å². The minimum atomic E-state index is -3.34. The van der Waals surface area contributed by atoms with E-state index in [0.717, 1.165) is 6.42 Å². The lowest BCUT2D eigenvalue weighted by Gasteiger charge is -2.37. The number of benzene rings is 1. The summed E-state index contributed by atoms with van der Waals surface area (Å²) in [6, 6.07) is 5.69. The van der Waals surface area contributed by atoms with Gasteiger partial charge in [0.2, 0.25) is 10.0 Å². The standard InChI is InChI=1S/C13H19FN2O2S/c1-2-7-16(13-8-15-9-13)19(17,18)10-11-3-5-12(14)6-4-11/h3-6,13,15H,2,7-10H2,1H3. The Morgan fingerprint density at radius 3 is 2.42 bits per heavy atom. The fraction of sp³-hybridized carbons (Fsp3) is 0.538. The number of sulfonamides is 1. The molecule has 1 aromatic rings. The molecule has 1 aliphatic heterocycles. The third kappa shape index (κ3) is 3.52. The van der Waals surface area contributed by atoms with Crippen molar-refractivity contribution in [1.82, 2.24) is 9.62 Å². The van der Waals surface area contributed by atoms with Gasteiger partial charge in [-0.05, 0) is 24.1 Å². The molecule has 6 heteroatoms. The molecule has 1 aliphatic rings. The highest BCUT2D eigenvalue weighted by Crippen LogP contribution is 2.17. The molecule has 2 rings (SSSR count). The molecule has 1 fully saturated rings. The Morgan fingerprint density at radius 2 is 1.95 bits per heavy atom. The highest BCUT2D eigenvalue weighted by Gasteiger charge is 2.32. The number of nitrogens with one attached hydrogen (secondary N) is 1. The largest absolute Gasteiger partial charge is 0.313 e. The molecule has 0 aromatic heterocycles. The van der Waals surface area contributed by atoms with Crippen molar-refractivity contribution in [2.75, 3.05) is 19.6 Å². The van der Waals surface area contributed by atoms with Crippen LogP contribution in [0.1, 0.15) is 18.9 Å². The molecule has 4 nitrogen and oxygen atoms in total. The van der Waals surface area contributed by atoms with Crippen LogP contribution in [-0.4, -0.2) is 38.4 Å². The van der Waals surface area contributed by atoms with Gasteiger partial charge >= 0.3 is 0 Å². The maximum absolute atomic E-state index is 12.8. The maximum Gasteiger partial charge on any atom is 0.218 e. The predicted molar refractivity (Wildman–Crippen MR) is 72.7 cm³/mol. The number of nitrogens with zero attached hydrogens (tertiary/aromatic N) is 1. The van der Waals surface area contributed by atoms with Gasteiger partial charge in [0.1, 0.15) is 5.82 Å². The van der Waals surface area contributed by atoms with E-state index in [1.54, 1.807) is 4.31 Å². The topological polar surface area (TPSA) is 49.4 Å². The van der Waals surface area contributed by atoms with E-state index in [4.69, 9.17) is 0 Å². The van der Waals surface area contributed by atoms with Crippen molar-refractivity contribution in [1.29, 1.82) is 0 Å². The molecule has 0 unspecified atom stereocenters. The second-order valence-electron chi connectivity index (χ2n) is 4.81. The van der Waals surface area contributed by atoms with Gasteiger partial charge < -0.3 is 5.32 Å². The Balaban J connectivity index is 2.12. The zero-order valence-corrected chi connectivity index (χ0v) is 11.8. The summed E-state index contributed by atoms with van der Waals surface area (Å²) in [6.07, 6.45) is 0.791. The molecule has 1 aromatic carbocycles. The molecule has 0 spiro atoms. The summed E-state index contributed by atoms with van der Waals surface area (Å²) in [5, 5.41) is 3.09. The van der Waals surface area contributed by atoms with Gasteiger partial charge in [-0.15, -0.1) is 0 Å². The van der Waals surface area contributed by atoms with Crippen LogP contribution in [0, 0.1) is 5.82 Å². The van der Waals surface area contributed by atoms with E-state index in [1.165, 1.54) is 24.3 Å². The van der Waals surface area contributed by atoms with Crippen molar-refractivity contribution in [2.45, 2.75) is 25.1 Å². The van der Waals surface area contributed by atoms with Gasteiger partial charge in [-0.25, -0.2) is 12.8 Å². The number of halogens is 1. The van der Waals surface area contributed by atoms with Crippen molar-refractivity contribution < 1.29 is 12.8 Å². The van der Waals surface area contributed by atoms with Crippen molar-refractivity contribution in [2.24, 2.45) is 0 Å². The molecule has 106 valence electrons. The Kier molecular flexibility index (Phi) is 4.54. The number of rotatable bonds is 6. The predicted octanol–water partition coefficient (Wildman–Crippen LogP) is 1.34. The first-order valence-corrected chi connectivity index (χ1v) is 8.08. The molecule has 19 heavy (non-hydrogen) atoms. The quantitative estimate of drug-likeness (QED) is 0.858. The highest BCUT2D eigenvalue weighted by molar-refractivity contribution is 7.88. The first kappa shape index (κ1) is 14.4. The fourth-order valence-corrected chi connectivity index (χ4v) is 3.96. The van der Waals surface area contributed by atoms with E-state index >= 15 is 0 Å². The third-order valence-electron chi connectivity index (χ3n) is 3.23. The van der Waals surface area contributed by atoms with Crippen molar-refractivity contribution in [3.05, 3.63) is 35.6 Å². The second-order valence-corrected chi connectivity index (χ2v) is 6.73. The van der Waals surface area contributed by atoms with Crippen LogP contribution in [-0.2, 0) is 15.8 Å². The van der Waals surface area contributed by atoms with E-state index in [2.05, 4.69) is 5.32 Å². The average Bonchev–Trinajstić information content (AvgIpc) is 2.29. The van der Waals surface area contributed by atoms with Gasteiger partial charge in [-0.1, -0.05) is 19.1 Å². The Bertz CT molecular complexity index is 512. The number of hydrogen-bond acceptors (Lipinski definition) is 3. The summed E-state index contributed by atoms with van der Waals surface area (Å²) < 4.78 is 39.2. The summed E-state index contributed by atoms with van der Waals surface area (Å²) in [6.45, 7) is 3.92. The average molecular weight is 286 g/mol. The Labute approximate surface area is 113 Å². The first-order chi connectivity index (χ1) is 9.03. The van der Waals surface area contributed by atoms with Gasteiger partial charge in [-0.2, -0.15) is 4.31 Å². The number of hydrogen-bond donors (Lipinski definition) is 1. The van der Waals surface area contributed by atoms with Gasteiger partial charge in [-0.3, -0.25) is 0 Å². The summed E-state index contributed by atoms with van der Waals surface area (Å²) in [5.41, 5.74) is 0.620. The Morgan fingerprint density at radius 1 is 1.32 bits per heavy atom. The van der Waals surface area contributed by atoms with Crippen LogP contribution < -0.4 is 5.32 Å². The molecule has 0 saturated carbocycles. The van der Waals surface area contributed by atoms with Crippen molar-refractivity contribution >= 4 is 10.0 Å². The molecule has 0 bridgehead atoms. The zero-order valence-electron chi connectivity index (χ0n) is 11.0. The minimum Gasteiger partial charge on any atom is -0.313 e. The smallest absolute Gasteiger partial charge is 0.218 e. The molecule has 1 saturated heterocycles. The van der Waals surface area contributed by atoms with Gasteiger partial charge in [0, 0.05) is 25.7 Å². The summed E-state index contributed by atoms with van der Waals surface area (Å²) in [5.74, 6) is -0.418. The Hall–Kier alpha value is -0.980. The maximum atomic E-state index is 12.8. The molecule has 0 radical (unpaired) electrons. The van der Waals surface area contributed by atoms with Gasteiger partial charge in [0.25, 0.3) is 0 Å². The zero-order chi connectivity index (χ0) is 13.9. The molecule has 1 heterocycles. The second kappa shape index (κ2) is 5.98. The van der Waals surface area contributed by atoms with E-state index < -0.39 is 10.0 Å². The molecule has 1 N–H and O–H groups in total. The van der Waals surface area contributed by atoms with Crippen LogP contribution in [0.4, 0.5) is 4.39 Å². The monoisotopic (exact) mass is 286 g/mol. The van der Waals surface area contributed by atoms with Gasteiger partial charge in [0.15, 0.2) is 0 Å². The van der Waals surface area contributed by atoms with Crippen molar-refractivity contribution in [3.8, 4) is 0 Å². The molecule has 0 aliphatic carbocycles. The summed E-state index contributed by atoms with van der Waals surface area (Å²) in [7, 11) is -3.34. The van der Waals surface area contributed by atoms with E-state index in [0.29, 0.717) is 25.2 Å². The SMILES string of the molecule is CCCN(C1CNC1)S(=O)(=O)Cc1ccc(F)cc1. The molecule has 0 amide bonds. The van der Waals surface area contributed by atoms with E-state index in [9.17, 15) is 12.8 Å². The lowest BCUT2D eigenvalue weighted by Crippen LogP contribution is -2.59. The highest BCUT2D eigenvalue weighted by atomic mass is 32.2. The minimum absolute atomic E-state index is 0.0606. The molecular weight excluding hydrogens is 267 g/mol. The third-order valence-corrected chi connectivity index (χ3v) is 5.12. The van der Waals surface area contributed by atoms with Crippen LogP contribution in [0.15, 0.2) is 24.3 Å².